The highest BCUT2D eigenvalue weighted by Gasteiger charge is 2.18. The molecule has 0 atom stereocenters. The molecule has 1 rings (SSSR count). The van der Waals surface area contributed by atoms with Crippen LogP contribution >= 0.6 is 0 Å². The molecule has 0 aliphatic heterocycles. The summed E-state index contributed by atoms with van der Waals surface area (Å²) in [5.41, 5.74) is 0.892. The van der Waals surface area contributed by atoms with Crippen molar-refractivity contribution >= 4 is 11.9 Å². The normalized spacial score (nSPS) is 11.2. The van der Waals surface area contributed by atoms with Gasteiger partial charge in [0.2, 0.25) is 0 Å². The third kappa shape index (κ3) is 8.71. The second-order valence-corrected chi connectivity index (χ2v) is 7.54. The lowest BCUT2D eigenvalue weighted by atomic mass is 9.89. The number of carbonyl (C=O) groups is 2. The fraction of sp³-hybridized carbons (Fsp3) is 0.619. The van der Waals surface area contributed by atoms with Gasteiger partial charge in [0.15, 0.2) is 0 Å². The van der Waals surface area contributed by atoms with Crippen LogP contribution in [0.3, 0.4) is 0 Å². The van der Waals surface area contributed by atoms with E-state index in [4.69, 9.17) is 9.47 Å². The number of hydrogen-bond donors (Lipinski definition) is 0. The van der Waals surface area contributed by atoms with E-state index in [2.05, 4.69) is 20.8 Å². The van der Waals surface area contributed by atoms with Gasteiger partial charge in [-0.2, -0.15) is 0 Å². The third-order valence-electron chi connectivity index (χ3n) is 3.90. The van der Waals surface area contributed by atoms with Crippen molar-refractivity contribution in [3.05, 3.63) is 35.4 Å². The van der Waals surface area contributed by atoms with Crippen LogP contribution in [0.5, 0.6) is 0 Å². The van der Waals surface area contributed by atoms with E-state index in [-0.39, 0.29) is 11.1 Å². The molecule has 0 unspecified atom stereocenters. The van der Waals surface area contributed by atoms with Crippen LogP contribution in [-0.4, -0.2) is 25.2 Å². The van der Waals surface area contributed by atoms with E-state index >= 15 is 0 Å². The summed E-state index contributed by atoms with van der Waals surface area (Å²) in [4.78, 5) is 24.4. The molecule has 1 aromatic rings. The minimum atomic E-state index is -0.467. The van der Waals surface area contributed by atoms with Crippen molar-refractivity contribution < 1.29 is 19.1 Å². The molecular formula is C21H32O4. The van der Waals surface area contributed by atoms with Gasteiger partial charge in [-0.25, -0.2) is 9.59 Å². The Morgan fingerprint density at radius 3 is 1.84 bits per heavy atom. The minimum absolute atomic E-state index is 0.274. The minimum Gasteiger partial charge on any atom is -0.462 e. The molecule has 0 aliphatic carbocycles. The molecule has 0 aliphatic rings. The summed E-state index contributed by atoms with van der Waals surface area (Å²) in [6.45, 7) is 9.45. The highest BCUT2D eigenvalue weighted by molar-refractivity contribution is 6.03. The Bertz CT molecular complexity index is 543. The molecular weight excluding hydrogens is 316 g/mol. The van der Waals surface area contributed by atoms with Gasteiger partial charge in [-0.15, -0.1) is 0 Å². The molecule has 140 valence electrons. The topological polar surface area (TPSA) is 52.6 Å². The number of ether oxygens (including phenoxy) is 2. The third-order valence-corrected chi connectivity index (χ3v) is 3.90. The molecule has 0 fully saturated rings. The molecule has 0 N–H and O–H groups in total. The van der Waals surface area contributed by atoms with Crippen LogP contribution in [0, 0.1) is 5.41 Å². The van der Waals surface area contributed by atoms with Crippen LogP contribution in [0.15, 0.2) is 24.3 Å². The SMILES string of the molecule is CCCCOC(=O)c1ccccc1C(=O)OCCCCCC(C)(C)C. The van der Waals surface area contributed by atoms with Crippen LogP contribution in [0.4, 0.5) is 0 Å². The highest BCUT2D eigenvalue weighted by atomic mass is 16.5. The maximum absolute atomic E-state index is 12.3. The molecule has 0 aromatic heterocycles. The Morgan fingerprint density at radius 1 is 0.840 bits per heavy atom. The van der Waals surface area contributed by atoms with Crippen LogP contribution in [0.2, 0.25) is 0 Å². The first-order valence-electron chi connectivity index (χ1n) is 9.28. The molecule has 0 spiro atoms. The fourth-order valence-electron chi connectivity index (χ4n) is 2.40. The van der Waals surface area contributed by atoms with Gasteiger partial charge in [0.1, 0.15) is 0 Å². The lowest BCUT2D eigenvalue weighted by Crippen LogP contribution is -2.15. The Hall–Kier alpha value is -1.84. The average Bonchev–Trinajstić information content (AvgIpc) is 2.57. The lowest BCUT2D eigenvalue weighted by Gasteiger charge is -2.17. The zero-order valence-corrected chi connectivity index (χ0v) is 16.1. The number of esters is 2. The molecule has 0 saturated carbocycles. The summed E-state index contributed by atoms with van der Waals surface area (Å²) in [6, 6.07) is 6.66. The maximum atomic E-state index is 12.3. The molecule has 0 saturated heterocycles. The van der Waals surface area contributed by atoms with Crippen molar-refractivity contribution in [3.8, 4) is 0 Å². The molecule has 0 radical (unpaired) electrons. The number of benzene rings is 1. The van der Waals surface area contributed by atoms with Crippen molar-refractivity contribution in [2.45, 2.75) is 66.2 Å². The Morgan fingerprint density at radius 2 is 1.36 bits per heavy atom. The lowest BCUT2D eigenvalue weighted by molar-refractivity contribution is 0.0451. The zero-order chi connectivity index (χ0) is 18.7. The van der Waals surface area contributed by atoms with E-state index in [1.807, 2.05) is 6.92 Å². The number of unbranched alkanes of at least 4 members (excludes halogenated alkanes) is 3. The molecule has 0 bridgehead atoms. The Balaban J connectivity index is 2.46. The molecule has 1 aromatic carbocycles. The molecule has 25 heavy (non-hydrogen) atoms. The van der Waals surface area contributed by atoms with Crippen molar-refractivity contribution in [2.75, 3.05) is 13.2 Å². The first-order chi connectivity index (χ1) is 11.8. The zero-order valence-electron chi connectivity index (χ0n) is 16.1. The first kappa shape index (κ1) is 21.2. The monoisotopic (exact) mass is 348 g/mol. The standard InChI is InChI=1S/C21H32O4/c1-5-6-15-24-19(22)17-12-8-9-13-18(17)20(23)25-16-11-7-10-14-21(2,3)4/h8-9,12-13H,5-7,10-11,14-16H2,1-4H3. The van der Waals surface area contributed by atoms with E-state index in [1.165, 1.54) is 0 Å². The maximum Gasteiger partial charge on any atom is 0.339 e. The quantitative estimate of drug-likeness (QED) is 0.419. The van der Waals surface area contributed by atoms with Crippen molar-refractivity contribution in [1.29, 1.82) is 0 Å². The van der Waals surface area contributed by atoms with Crippen LogP contribution in [0.25, 0.3) is 0 Å². The summed E-state index contributed by atoms with van der Waals surface area (Å²) < 4.78 is 10.5. The summed E-state index contributed by atoms with van der Waals surface area (Å²) >= 11 is 0. The molecule has 4 heteroatoms. The van der Waals surface area contributed by atoms with Gasteiger partial charge >= 0.3 is 11.9 Å². The van der Waals surface area contributed by atoms with Gasteiger partial charge in [-0.1, -0.05) is 59.1 Å². The van der Waals surface area contributed by atoms with Crippen molar-refractivity contribution in [1.82, 2.24) is 0 Å². The largest absolute Gasteiger partial charge is 0.462 e. The summed E-state index contributed by atoms with van der Waals surface area (Å²) in [6.07, 6.45) is 5.92. The predicted octanol–water partition coefficient (Wildman–Crippen LogP) is 5.41. The highest BCUT2D eigenvalue weighted by Crippen LogP contribution is 2.22. The summed E-state index contributed by atoms with van der Waals surface area (Å²) in [5.74, 6) is -0.926. The van der Waals surface area contributed by atoms with E-state index in [0.29, 0.717) is 18.6 Å². The Kier molecular flexibility index (Phi) is 9.25. The van der Waals surface area contributed by atoms with Gasteiger partial charge in [-0.3, -0.25) is 0 Å². The summed E-state index contributed by atoms with van der Waals surface area (Å²) in [7, 11) is 0. The first-order valence-corrected chi connectivity index (χ1v) is 9.28. The average molecular weight is 348 g/mol. The second-order valence-electron chi connectivity index (χ2n) is 7.54. The van der Waals surface area contributed by atoms with E-state index in [9.17, 15) is 9.59 Å². The number of carbonyl (C=O) groups excluding carboxylic acids is 2. The van der Waals surface area contributed by atoms with Gasteiger partial charge in [0.05, 0.1) is 24.3 Å². The Labute approximate surface area is 151 Å². The second kappa shape index (κ2) is 10.9. The number of hydrogen-bond acceptors (Lipinski definition) is 4. The van der Waals surface area contributed by atoms with Crippen molar-refractivity contribution in [2.24, 2.45) is 5.41 Å². The number of rotatable bonds is 10. The van der Waals surface area contributed by atoms with Gasteiger partial charge in [0, 0.05) is 0 Å². The predicted molar refractivity (Wildman–Crippen MR) is 99.8 cm³/mol. The van der Waals surface area contributed by atoms with Crippen LogP contribution in [0.1, 0.15) is 86.9 Å². The van der Waals surface area contributed by atoms with E-state index in [1.54, 1.807) is 24.3 Å². The van der Waals surface area contributed by atoms with Crippen LogP contribution in [-0.2, 0) is 9.47 Å². The van der Waals surface area contributed by atoms with E-state index < -0.39 is 11.9 Å². The van der Waals surface area contributed by atoms with Crippen molar-refractivity contribution in [3.63, 3.8) is 0 Å². The van der Waals surface area contributed by atoms with Gasteiger partial charge < -0.3 is 9.47 Å². The molecule has 0 heterocycles. The summed E-state index contributed by atoms with van der Waals surface area (Å²) in [5, 5.41) is 0. The van der Waals surface area contributed by atoms with Crippen LogP contribution < -0.4 is 0 Å². The van der Waals surface area contributed by atoms with Gasteiger partial charge in [-0.05, 0) is 36.8 Å². The van der Waals surface area contributed by atoms with Gasteiger partial charge in [0.25, 0.3) is 0 Å². The molecule has 0 amide bonds. The molecule has 4 nitrogen and oxygen atoms in total. The smallest absolute Gasteiger partial charge is 0.339 e. The van der Waals surface area contributed by atoms with E-state index in [0.717, 1.165) is 38.5 Å². The fourth-order valence-corrected chi connectivity index (χ4v) is 2.40.